The number of amides is 1. The molecule has 0 saturated heterocycles. The van der Waals surface area contributed by atoms with Gasteiger partial charge in [-0.25, -0.2) is 9.37 Å². The lowest BCUT2D eigenvalue weighted by atomic mass is 10.2. The number of alkyl halides is 1. The number of hydrogen-bond acceptors (Lipinski definition) is 2. The molecule has 4 nitrogen and oxygen atoms in total. The summed E-state index contributed by atoms with van der Waals surface area (Å²) in [5.74, 6) is 0.166. The lowest BCUT2D eigenvalue weighted by Crippen LogP contribution is -2.12. The van der Waals surface area contributed by atoms with Crippen LogP contribution in [0.1, 0.15) is 18.7 Å². The number of carbonyl (C=O) groups excluding carboxylic acids is 1. The summed E-state index contributed by atoms with van der Waals surface area (Å²) >= 11 is 8.97. The Hall–Kier alpha value is -1.14. The minimum atomic E-state index is -0.357. The van der Waals surface area contributed by atoms with Gasteiger partial charge in [-0.3, -0.25) is 4.79 Å². The predicted molar refractivity (Wildman–Crippen MR) is 75.4 cm³/mol. The second kappa shape index (κ2) is 5.88. The number of imidazole rings is 1. The van der Waals surface area contributed by atoms with Gasteiger partial charge >= 0.3 is 0 Å². The minimum Gasteiger partial charge on any atom is -0.370 e. The summed E-state index contributed by atoms with van der Waals surface area (Å²) in [6.07, 6.45) is 0.850. The number of halogens is 3. The first-order valence-corrected chi connectivity index (χ1v) is 7.04. The monoisotopic (exact) mass is 347 g/mol. The van der Waals surface area contributed by atoms with Crippen molar-refractivity contribution in [2.24, 2.45) is 5.73 Å². The molecule has 0 bridgehead atoms. The fourth-order valence-corrected chi connectivity index (χ4v) is 2.47. The normalized spacial score (nSPS) is 11.1. The van der Waals surface area contributed by atoms with Gasteiger partial charge in [0.15, 0.2) is 0 Å². The van der Waals surface area contributed by atoms with Crippen molar-refractivity contribution in [3.05, 3.63) is 28.2 Å². The number of nitrogens with zero attached hydrogens (tertiary/aromatic N) is 2. The van der Waals surface area contributed by atoms with Crippen molar-refractivity contribution in [1.82, 2.24) is 9.55 Å². The fourth-order valence-electron chi connectivity index (χ4n) is 1.93. The van der Waals surface area contributed by atoms with Crippen molar-refractivity contribution < 1.29 is 9.18 Å². The minimum absolute atomic E-state index is 0.227. The number of primary amides is 1. The maximum Gasteiger partial charge on any atom is 0.217 e. The molecule has 1 amide bonds. The van der Waals surface area contributed by atoms with Crippen molar-refractivity contribution in [2.45, 2.75) is 25.3 Å². The van der Waals surface area contributed by atoms with Gasteiger partial charge < -0.3 is 10.3 Å². The third-order valence-electron chi connectivity index (χ3n) is 2.79. The van der Waals surface area contributed by atoms with Gasteiger partial charge in [-0.05, 0) is 28.4 Å². The summed E-state index contributed by atoms with van der Waals surface area (Å²) in [6, 6.07) is 3.03. The van der Waals surface area contributed by atoms with Crippen LogP contribution in [0.3, 0.4) is 0 Å². The van der Waals surface area contributed by atoms with Gasteiger partial charge in [0.2, 0.25) is 5.91 Å². The number of aromatic nitrogens is 2. The van der Waals surface area contributed by atoms with Crippen LogP contribution in [0.5, 0.6) is 0 Å². The van der Waals surface area contributed by atoms with Gasteiger partial charge in [0.25, 0.3) is 0 Å². The van der Waals surface area contributed by atoms with E-state index in [-0.39, 0.29) is 24.0 Å². The van der Waals surface area contributed by atoms with Crippen molar-refractivity contribution in [3.63, 3.8) is 0 Å². The fraction of sp³-hybridized carbons (Fsp3) is 0.333. The standard InChI is InChI=1S/C12H12BrClFN3O/c13-7-4-9-10(5-8(7)15)18(12(6-14)17-9)3-1-2-11(16)19/h4-5H,1-3,6H2,(H2,16,19). The summed E-state index contributed by atoms with van der Waals surface area (Å²) in [7, 11) is 0. The van der Waals surface area contributed by atoms with E-state index < -0.39 is 0 Å². The summed E-state index contributed by atoms with van der Waals surface area (Å²) in [6.45, 7) is 0.530. The van der Waals surface area contributed by atoms with E-state index in [1.54, 1.807) is 6.07 Å². The number of hydrogen-bond donors (Lipinski definition) is 1. The molecule has 0 aliphatic heterocycles. The van der Waals surface area contributed by atoms with Crippen LogP contribution < -0.4 is 5.73 Å². The SMILES string of the molecule is NC(=O)CCCn1c(CCl)nc2cc(Br)c(F)cc21. The molecule has 1 aromatic heterocycles. The van der Waals surface area contributed by atoms with E-state index in [1.165, 1.54) is 6.07 Å². The molecular formula is C12H12BrClFN3O. The van der Waals surface area contributed by atoms with Gasteiger partial charge in [-0.15, -0.1) is 11.6 Å². The smallest absolute Gasteiger partial charge is 0.217 e. The van der Waals surface area contributed by atoms with Crippen LogP contribution in [0.25, 0.3) is 11.0 Å². The molecule has 0 fully saturated rings. The Morgan fingerprint density at radius 3 is 2.89 bits per heavy atom. The molecule has 0 saturated carbocycles. The molecule has 7 heteroatoms. The van der Waals surface area contributed by atoms with Crippen molar-refractivity contribution in [2.75, 3.05) is 0 Å². The number of fused-ring (bicyclic) bond motifs is 1. The highest BCUT2D eigenvalue weighted by Gasteiger charge is 2.13. The molecular weight excluding hydrogens is 337 g/mol. The van der Waals surface area contributed by atoms with E-state index >= 15 is 0 Å². The van der Waals surface area contributed by atoms with Gasteiger partial charge in [0, 0.05) is 19.0 Å². The number of aryl methyl sites for hydroxylation is 1. The first kappa shape index (κ1) is 14.3. The quantitative estimate of drug-likeness (QED) is 0.845. The Bertz CT molecular complexity index is 629. The molecule has 0 unspecified atom stereocenters. The summed E-state index contributed by atoms with van der Waals surface area (Å²) in [5.41, 5.74) is 6.44. The molecule has 0 aliphatic carbocycles. The second-order valence-electron chi connectivity index (χ2n) is 4.14. The predicted octanol–water partition coefficient (Wildman–Crippen LogP) is 2.94. The average Bonchev–Trinajstić information content (AvgIpc) is 2.67. The molecule has 102 valence electrons. The summed E-state index contributed by atoms with van der Waals surface area (Å²) < 4.78 is 15.8. The zero-order chi connectivity index (χ0) is 14.0. The number of carbonyl (C=O) groups is 1. The average molecular weight is 349 g/mol. The molecule has 2 N–H and O–H groups in total. The highest BCUT2D eigenvalue weighted by Crippen LogP contribution is 2.25. The topological polar surface area (TPSA) is 60.9 Å². The van der Waals surface area contributed by atoms with Gasteiger partial charge in [-0.2, -0.15) is 0 Å². The lowest BCUT2D eigenvalue weighted by molar-refractivity contribution is -0.118. The maximum absolute atomic E-state index is 13.6. The Morgan fingerprint density at radius 2 is 2.26 bits per heavy atom. The third kappa shape index (κ3) is 3.06. The van der Waals surface area contributed by atoms with Crippen LogP contribution in [0.15, 0.2) is 16.6 Å². The van der Waals surface area contributed by atoms with Gasteiger partial charge in [0.1, 0.15) is 11.6 Å². The van der Waals surface area contributed by atoms with Gasteiger partial charge in [0.05, 0.1) is 21.4 Å². The molecule has 0 atom stereocenters. The van der Waals surface area contributed by atoms with E-state index in [0.29, 0.717) is 34.3 Å². The van der Waals surface area contributed by atoms with E-state index in [4.69, 9.17) is 17.3 Å². The van der Waals surface area contributed by atoms with Crippen LogP contribution in [-0.2, 0) is 17.2 Å². The molecule has 2 aromatic rings. The molecule has 19 heavy (non-hydrogen) atoms. The van der Waals surface area contributed by atoms with Crippen LogP contribution in [-0.4, -0.2) is 15.5 Å². The highest BCUT2D eigenvalue weighted by molar-refractivity contribution is 9.10. The molecule has 0 spiro atoms. The van der Waals surface area contributed by atoms with Crippen LogP contribution >= 0.6 is 27.5 Å². The Kier molecular flexibility index (Phi) is 4.42. The summed E-state index contributed by atoms with van der Waals surface area (Å²) in [4.78, 5) is 15.1. The number of nitrogens with two attached hydrogens (primary N) is 1. The number of rotatable bonds is 5. The first-order chi connectivity index (χ1) is 9.02. The van der Waals surface area contributed by atoms with E-state index in [2.05, 4.69) is 20.9 Å². The summed E-state index contributed by atoms with van der Waals surface area (Å²) in [5, 5.41) is 0. The Morgan fingerprint density at radius 1 is 1.53 bits per heavy atom. The maximum atomic E-state index is 13.6. The first-order valence-electron chi connectivity index (χ1n) is 5.71. The van der Waals surface area contributed by atoms with E-state index in [9.17, 15) is 9.18 Å². The molecule has 1 aromatic carbocycles. The largest absolute Gasteiger partial charge is 0.370 e. The van der Waals surface area contributed by atoms with Crippen molar-refractivity contribution >= 4 is 44.5 Å². The van der Waals surface area contributed by atoms with Crippen molar-refractivity contribution in [1.29, 1.82) is 0 Å². The van der Waals surface area contributed by atoms with Crippen LogP contribution in [0.4, 0.5) is 4.39 Å². The molecule has 1 heterocycles. The van der Waals surface area contributed by atoms with Crippen LogP contribution in [0.2, 0.25) is 0 Å². The lowest BCUT2D eigenvalue weighted by Gasteiger charge is -2.07. The Balaban J connectivity index is 2.39. The van der Waals surface area contributed by atoms with Gasteiger partial charge in [-0.1, -0.05) is 0 Å². The second-order valence-corrected chi connectivity index (χ2v) is 5.26. The zero-order valence-electron chi connectivity index (χ0n) is 10.00. The zero-order valence-corrected chi connectivity index (χ0v) is 12.3. The molecule has 0 radical (unpaired) electrons. The van der Waals surface area contributed by atoms with Crippen molar-refractivity contribution in [3.8, 4) is 0 Å². The molecule has 2 rings (SSSR count). The molecule has 0 aliphatic rings. The van der Waals surface area contributed by atoms with Crippen LogP contribution in [0, 0.1) is 5.82 Å². The Labute approximate surface area is 122 Å². The van der Waals surface area contributed by atoms with E-state index in [0.717, 1.165) is 0 Å². The third-order valence-corrected chi connectivity index (χ3v) is 3.64. The number of benzene rings is 1. The highest BCUT2D eigenvalue weighted by atomic mass is 79.9. The van der Waals surface area contributed by atoms with E-state index in [1.807, 2.05) is 4.57 Å².